The summed E-state index contributed by atoms with van der Waals surface area (Å²) < 4.78 is 6.95. The molecule has 0 radical (unpaired) electrons. The lowest BCUT2D eigenvalue weighted by molar-refractivity contribution is 0.241. The number of rotatable bonds is 3. The minimum Gasteiger partial charge on any atom is -0.364 e. The van der Waals surface area contributed by atoms with Crippen LogP contribution in [-0.4, -0.2) is 26.4 Å². The Labute approximate surface area is 100 Å². The molecule has 0 spiro atoms. The first-order valence-corrected chi connectivity index (χ1v) is 6.02. The summed E-state index contributed by atoms with van der Waals surface area (Å²) in [4.78, 5) is 2.38. The van der Waals surface area contributed by atoms with Crippen molar-refractivity contribution in [3.05, 3.63) is 35.5 Å². The highest BCUT2D eigenvalue weighted by Crippen LogP contribution is 2.18. The van der Waals surface area contributed by atoms with Gasteiger partial charge in [0.25, 0.3) is 0 Å². The summed E-state index contributed by atoms with van der Waals surface area (Å²) in [6.45, 7) is 5.87. The van der Waals surface area contributed by atoms with E-state index in [0.29, 0.717) is 0 Å². The maximum atomic E-state index is 4.99. The minimum atomic E-state index is 0.900. The predicted octanol–water partition coefficient (Wildman–Crippen LogP) is 1.45. The Kier molecular flexibility index (Phi) is 2.68. The van der Waals surface area contributed by atoms with Crippen molar-refractivity contribution in [1.29, 1.82) is 0 Å². The molecule has 0 aliphatic carbocycles. The molecule has 0 amide bonds. The second-order valence-electron chi connectivity index (χ2n) is 4.41. The molecule has 0 saturated heterocycles. The molecule has 0 bridgehead atoms. The van der Waals surface area contributed by atoms with Crippen LogP contribution in [0.3, 0.4) is 0 Å². The Morgan fingerprint density at radius 2 is 2.41 bits per heavy atom. The average Bonchev–Trinajstić information content (AvgIpc) is 2.96. The first-order valence-electron chi connectivity index (χ1n) is 6.02. The minimum absolute atomic E-state index is 0.900. The summed E-state index contributed by atoms with van der Waals surface area (Å²) >= 11 is 0. The van der Waals surface area contributed by atoms with Gasteiger partial charge in [-0.15, -0.1) is 0 Å². The molecule has 5 nitrogen and oxygen atoms in total. The molecule has 2 aromatic rings. The molecule has 1 aliphatic heterocycles. The standard InChI is InChI=1S/C12H16N4O/c1-2-16-6-3-11(13-16)8-15-5-4-12-10(7-15)9-17-14-12/h3,6,9H,2,4-5,7-8H2,1H3. The van der Waals surface area contributed by atoms with E-state index in [1.54, 1.807) is 6.26 Å². The molecule has 3 rings (SSSR count). The summed E-state index contributed by atoms with van der Waals surface area (Å²) in [5, 5.41) is 8.50. The van der Waals surface area contributed by atoms with E-state index in [-0.39, 0.29) is 0 Å². The van der Waals surface area contributed by atoms with Crippen LogP contribution in [-0.2, 0) is 26.1 Å². The molecule has 0 fully saturated rings. The zero-order valence-corrected chi connectivity index (χ0v) is 9.96. The SMILES string of the molecule is CCn1ccc(CN2CCc3nocc3C2)n1. The lowest BCUT2D eigenvalue weighted by Crippen LogP contribution is -2.29. The van der Waals surface area contributed by atoms with E-state index in [4.69, 9.17) is 4.52 Å². The fourth-order valence-electron chi connectivity index (χ4n) is 2.23. The molecule has 0 aromatic carbocycles. The highest BCUT2D eigenvalue weighted by molar-refractivity contribution is 5.17. The quantitative estimate of drug-likeness (QED) is 0.803. The van der Waals surface area contributed by atoms with Gasteiger partial charge in [-0.1, -0.05) is 5.16 Å². The van der Waals surface area contributed by atoms with E-state index >= 15 is 0 Å². The average molecular weight is 232 g/mol. The van der Waals surface area contributed by atoms with Crippen molar-refractivity contribution in [2.75, 3.05) is 6.54 Å². The first kappa shape index (κ1) is 10.5. The molecule has 0 saturated carbocycles. The fourth-order valence-corrected chi connectivity index (χ4v) is 2.23. The van der Waals surface area contributed by atoms with Gasteiger partial charge < -0.3 is 4.52 Å². The van der Waals surface area contributed by atoms with Gasteiger partial charge in [-0.05, 0) is 13.0 Å². The van der Waals surface area contributed by atoms with Crippen LogP contribution >= 0.6 is 0 Å². The van der Waals surface area contributed by atoms with Crippen LogP contribution in [0, 0.1) is 0 Å². The molecule has 5 heteroatoms. The number of nitrogens with zero attached hydrogens (tertiary/aromatic N) is 4. The van der Waals surface area contributed by atoms with E-state index in [9.17, 15) is 0 Å². The highest BCUT2D eigenvalue weighted by Gasteiger charge is 2.19. The number of aryl methyl sites for hydroxylation is 1. The second kappa shape index (κ2) is 4.33. The number of fused-ring (bicyclic) bond motifs is 1. The van der Waals surface area contributed by atoms with Gasteiger partial charge in [0.1, 0.15) is 6.26 Å². The second-order valence-corrected chi connectivity index (χ2v) is 4.41. The predicted molar refractivity (Wildman–Crippen MR) is 62.2 cm³/mol. The Bertz CT molecular complexity index is 502. The maximum absolute atomic E-state index is 4.99. The summed E-state index contributed by atoms with van der Waals surface area (Å²) in [7, 11) is 0. The molecular weight excluding hydrogens is 216 g/mol. The van der Waals surface area contributed by atoms with Crippen LogP contribution in [0.25, 0.3) is 0 Å². The smallest absolute Gasteiger partial charge is 0.128 e. The third-order valence-corrected chi connectivity index (χ3v) is 3.19. The first-order chi connectivity index (χ1) is 8.35. The largest absolute Gasteiger partial charge is 0.364 e. The van der Waals surface area contributed by atoms with Crippen molar-refractivity contribution in [1.82, 2.24) is 19.8 Å². The normalized spacial score (nSPS) is 16.1. The summed E-state index contributed by atoms with van der Waals surface area (Å²) in [6.07, 6.45) is 4.76. The van der Waals surface area contributed by atoms with Crippen molar-refractivity contribution < 1.29 is 4.52 Å². The van der Waals surface area contributed by atoms with Crippen LogP contribution in [0.2, 0.25) is 0 Å². The van der Waals surface area contributed by atoms with Crippen LogP contribution < -0.4 is 0 Å². The molecule has 0 atom stereocenters. The van der Waals surface area contributed by atoms with Crippen molar-refractivity contribution >= 4 is 0 Å². The highest BCUT2D eigenvalue weighted by atomic mass is 16.5. The van der Waals surface area contributed by atoms with Gasteiger partial charge in [0.15, 0.2) is 0 Å². The van der Waals surface area contributed by atoms with Gasteiger partial charge in [-0.2, -0.15) is 5.10 Å². The maximum Gasteiger partial charge on any atom is 0.128 e. The van der Waals surface area contributed by atoms with Gasteiger partial charge in [0, 0.05) is 44.4 Å². The molecule has 17 heavy (non-hydrogen) atoms. The van der Waals surface area contributed by atoms with E-state index in [1.165, 1.54) is 5.56 Å². The third-order valence-electron chi connectivity index (χ3n) is 3.19. The Balaban J connectivity index is 1.67. The Hall–Kier alpha value is -1.62. The number of aromatic nitrogens is 3. The Morgan fingerprint density at radius 1 is 1.47 bits per heavy atom. The topological polar surface area (TPSA) is 47.1 Å². The van der Waals surface area contributed by atoms with Crippen molar-refractivity contribution in [2.24, 2.45) is 0 Å². The Morgan fingerprint density at radius 3 is 3.24 bits per heavy atom. The van der Waals surface area contributed by atoms with Gasteiger partial charge in [-0.25, -0.2) is 0 Å². The lowest BCUT2D eigenvalue weighted by Gasteiger charge is -2.24. The van der Waals surface area contributed by atoms with Crippen LogP contribution in [0.1, 0.15) is 23.9 Å². The summed E-state index contributed by atoms with van der Waals surface area (Å²) in [5.41, 5.74) is 3.46. The number of hydrogen-bond donors (Lipinski definition) is 0. The summed E-state index contributed by atoms with van der Waals surface area (Å²) in [6, 6.07) is 2.09. The molecule has 90 valence electrons. The number of hydrogen-bond acceptors (Lipinski definition) is 4. The van der Waals surface area contributed by atoms with Crippen molar-refractivity contribution in [3.63, 3.8) is 0 Å². The molecule has 2 aromatic heterocycles. The van der Waals surface area contributed by atoms with E-state index < -0.39 is 0 Å². The van der Waals surface area contributed by atoms with E-state index in [1.807, 2.05) is 10.9 Å². The molecule has 0 unspecified atom stereocenters. The van der Waals surface area contributed by atoms with E-state index in [0.717, 1.165) is 44.0 Å². The lowest BCUT2D eigenvalue weighted by atomic mass is 10.1. The monoisotopic (exact) mass is 232 g/mol. The summed E-state index contributed by atoms with van der Waals surface area (Å²) in [5.74, 6) is 0. The van der Waals surface area contributed by atoms with Crippen LogP contribution in [0.15, 0.2) is 23.0 Å². The molecule has 3 heterocycles. The van der Waals surface area contributed by atoms with Crippen LogP contribution in [0.4, 0.5) is 0 Å². The van der Waals surface area contributed by atoms with Crippen LogP contribution in [0.5, 0.6) is 0 Å². The van der Waals surface area contributed by atoms with Gasteiger partial charge in [0.2, 0.25) is 0 Å². The van der Waals surface area contributed by atoms with Gasteiger partial charge >= 0.3 is 0 Å². The van der Waals surface area contributed by atoms with Gasteiger partial charge in [0.05, 0.1) is 11.4 Å². The molecular formula is C12H16N4O. The van der Waals surface area contributed by atoms with Gasteiger partial charge in [-0.3, -0.25) is 9.58 Å². The van der Waals surface area contributed by atoms with Crippen molar-refractivity contribution in [3.8, 4) is 0 Å². The fraction of sp³-hybridized carbons (Fsp3) is 0.500. The zero-order chi connectivity index (χ0) is 11.7. The molecule has 0 N–H and O–H groups in total. The molecule has 1 aliphatic rings. The zero-order valence-electron chi connectivity index (χ0n) is 9.96. The van der Waals surface area contributed by atoms with E-state index in [2.05, 4.69) is 28.1 Å². The van der Waals surface area contributed by atoms with Crippen molar-refractivity contribution in [2.45, 2.75) is 33.0 Å². The third kappa shape index (κ3) is 2.10.